The molecule has 1 aliphatic heterocycles. The standard InChI is InChI=1S/C17H22N2O2/c20-17(8-12-3-4-12)19-10-13-5-6-16(15(13)11-19)21-14-2-1-7-18-9-14/h1-2,7,9,12-13,15-16H,3-6,8,10-11H2/t13-,15+,16-/m1/s1. The molecule has 3 fully saturated rings. The third-order valence-electron chi connectivity index (χ3n) is 5.23. The SMILES string of the molecule is O=C(CC1CC1)N1C[C@H]2CC[C@@H](Oc3cccnc3)[C@H]2C1. The summed E-state index contributed by atoms with van der Waals surface area (Å²) in [4.78, 5) is 18.5. The van der Waals surface area contributed by atoms with Crippen molar-refractivity contribution in [2.45, 2.75) is 38.2 Å². The van der Waals surface area contributed by atoms with E-state index in [2.05, 4.69) is 9.88 Å². The van der Waals surface area contributed by atoms with Crippen molar-refractivity contribution in [3.63, 3.8) is 0 Å². The van der Waals surface area contributed by atoms with Gasteiger partial charge in [0.25, 0.3) is 0 Å². The summed E-state index contributed by atoms with van der Waals surface area (Å²) in [5, 5.41) is 0. The summed E-state index contributed by atoms with van der Waals surface area (Å²) in [6.07, 6.45) is 9.35. The molecule has 2 heterocycles. The topological polar surface area (TPSA) is 42.4 Å². The first kappa shape index (κ1) is 13.1. The Kier molecular flexibility index (Phi) is 3.32. The maximum Gasteiger partial charge on any atom is 0.222 e. The number of carbonyl (C=O) groups excluding carboxylic acids is 1. The minimum Gasteiger partial charge on any atom is -0.488 e. The second-order valence-corrected chi connectivity index (χ2v) is 6.79. The van der Waals surface area contributed by atoms with Gasteiger partial charge in [0.15, 0.2) is 0 Å². The van der Waals surface area contributed by atoms with Crippen LogP contribution in [0.1, 0.15) is 32.1 Å². The van der Waals surface area contributed by atoms with Crippen LogP contribution in [0.5, 0.6) is 5.75 Å². The Morgan fingerprint density at radius 3 is 2.95 bits per heavy atom. The fourth-order valence-electron chi connectivity index (χ4n) is 3.86. The van der Waals surface area contributed by atoms with Crippen LogP contribution in [0, 0.1) is 17.8 Å². The van der Waals surface area contributed by atoms with Crippen LogP contribution in [0.2, 0.25) is 0 Å². The summed E-state index contributed by atoms with van der Waals surface area (Å²) < 4.78 is 6.11. The van der Waals surface area contributed by atoms with Gasteiger partial charge in [0.1, 0.15) is 11.9 Å². The van der Waals surface area contributed by atoms with Crippen molar-refractivity contribution in [3.05, 3.63) is 24.5 Å². The predicted molar refractivity (Wildman–Crippen MR) is 78.8 cm³/mol. The van der Waals surface area contributed by atoms with E-state index in [9.17, 15) is 4.79 Å². The number of carbonyl (C=O) groups is 1. The van der Waals surface area contributed by atoms with E-state index in [4.69, 9.17) is 4.74 Å². The molecule has 1 aromatic heterocycles. The highest BCUT2D eigenvalue weighted by Gasteiger charge is 2.45. The van der Waals surface area contributed by atoms with Gasteiger partial charge in [0, 0.05) is 31.6 Å². The average molecular weight is 286 g/mol. The lowest BCUT2D eigenvalue weighted by molar-refractivity contribution is -0.130. The van der Waals surface area contributed by atoms with Crippen LogP contribution < -0.4 is 4.74 Å². The number of ether oxygens (including phenoxy) is 1. The van der Waals surface area contributed by atoms with Gasteiger partial charge in [-0.3, -0.25) is 9.78 Å². The molecule has 0 unspecified atom stereocenters. The van der Waals surface area contributed by atoms with Crippen LogP contribution in [0.4, 0.5) is 0 Å². The Morgan fingerprint density at radius 2 is 2.19 bits per heavy atom. The zero-order valence-electron chi connectivity index (χ0n) is 12.3. The molecule has 0 N–H and O–H groups in total. The zero-order valence-corrected chi connectivity index (χ0v) is 12.3. The van der Waals surface area contributed by atoms with Gasteiger partial charge >= 0.3 is 0 Å². The highest BCUT2D eigenvalue weighted by Crippen LogP contribution is 2.41. The number of amides is 1. The van der Waals surface area contributed by atoms with Crippen molar-refractivity contribution in [1.29, 1.82) is 0 Å². The summed E-state index contributed by atoms with van der Waals surface area (Å²) in [7, 11) is 0. The highest BCUT2D eigenvalue weighted by atomic mass is 16.5. The number of likely N-dealkylation sites (tertiary alicyclic amines) is 1. The lowest BCUT2D eigenvalue weighted by atomic mass is 9.99. The van der Waals surface area contributed by atoms with E-state index in [-0.39, 0.29) is 6.10 Å². The molecule has 2 aliphatic carbocycles. The number of nitrogens with zero attached hydrogens (tertiary/aromatic N) is 2. The molecule has 112 valence electrons. The minimum absolute atomic E-state index is 0.248. The van der Waals surface area contributed by atoms with Gasteiger partial charge in [-0.25, -0.2) is 0 Å². The van der Waals surface area contributed by atoms with E-state index in [1.54, 1.807) is 12.4 Å². The maximum absolute atomic E-state index is 12.3. The third kappa shape index (κ3) is 2.76. The van der Waals surface area contributed by atoms with Gasteiger partial charge in [-0.05, 0) is 49.7 Å². The van der Waals surface area contributed by atoms with E-state index < -0.39 is 0 Å². The van der Waals surface area contributed by atoms with Gasteiger partial charge in [-0.1, -0.05) is 0 Å². The molecule has 0 radical (unpaired) electrons. The molecular weight excluding hydrogens is 264 g/mol. The normalized spacial score (nSPS) is 31.2. The summed E-state index contributed by atoms with van der Waals surface area (Å²) >= 11 is 0. The molecule has 0 bridgehead atoms. The maximum atomic E-state index is 12.3. The van der Waals surface area contributed by atoms with Crippen LogP contribution in [0.3, 0.4) is 0 Å². The average Bonchev–Trinajstić information content (AvgIpc) is 3.08. The van der Waals surface area contributed by atoms with Crippen molar-refractivity contribution in [2.24, 2.45) is 17.8 Å². The fraction of sp³-hybridized carbons (Fsp3) is 0.647. The molecule has 3 atom stereocenters. The van der Waals surface area contributed by atoms with E-state index in [1.807, 2.05) is 12.1 Å². The van der Waals surface area contributed by atoms with E-state index in [0.29, 0.717) is 23.7 Å². The van der Waals surface area contributed by atoms with E-state index in [1.165, 1.54) is 19.3 Å². The van der Waals surface area contributed by atoms with Crippen molar-refractivity contribution in [2.75, 3.05) is 13.1 Å². The van der Waals surface area contributed by atoms with Gasteiger partial charge in [0.05, 0.1) is 6.20 Å². The van der Waals surface area contributed by atoms with Crippen molar-refractivity contribution < 1.29 is 9.53 Å². The Balaban J connectivity index is 1.37. The number of hydrogen-bond acceptors (Lipinski definition) is 3. The molecule has 4 heteroatoms. The van der Waals surface area contributed by atoms with E-state index >= 15 is 0 Å². The molecule has 3 aliphatic rings. The molecule has 4 rings (SSSR count). The lowest BCUT2D eigenvalue weighted by Crippen LogP contribution is -2.32. The van der Waals surface area contributed by atoms with Crippen LogP contribution in [-0.2, 0) is 4.79 Å². The molecule has 1 saturated heterocycles. The molecule has 4 nitrogen and oxygen atoms in total. The van der Waals surface area contributed by atoms with Gasteiger partial charge in [-0.15, -0.1) is 0 Å². The first-order valence-corrected chi connectivity index (χ1v) is 8.14. The summed E-state index contributed by atoms with van der Waals surface area (Å²) in [6.45, 7) is 1.84. The van der Waals surface area contributed by atoms with Crippen molar-refractivity contribution in [1.82, 2.24) is 9.88 Å². The molecule has 0 aromatic carbocycles. The zero-order chi connectivity index (χ0) is 14.2. The Morgan fingerprint density at radius 1 is 1.29 bits per heavy atom. The van der Waals surface area contributed by atoms with Crippen molar-refractivity contribution >= 4 is 5.91 Å². The molecule has 0 spiro atoms. The number of pyridine rings is 1. The molecule has 21 heavy (non-hydrogen) atoms. The number of hydrogen-bond donors (Lipinski definition) is 0. The van der Waals surface area contributed by atoms with Gasteiger partial charge in [0.2, 0.25) is 5.91 Å². The smallest absolute Gasteiger partial charge is 0.222 e. The second-order valence-electron chi connectivity index (χ2n) is 6.79. The Hall–Kier alpha value is -1.58. The van der Waals surface area contributed by atoms with Gasteiger partial charge < -0.3 is 9.64 Å². The van der Waals surface area contributed by atoms with Crippen LogP contribution in [0.25, 0.3) is 0 Å². The monoisotopic (exact) mass is 286 g/mol. The number of aromatic nitrogens is 1. The molecule has 1 aromatic rings. The Bertz CT molecular complexity index is 515. The highest BCUT2D eigenvalue weighted by molar-refractivity contribution is 5.77. The fourth-order valence-corrected chi connectivity index (χ4v) is 3.86. The first-order valence-electron chi connectivity index (χ1n) is 8.14. The largest absolute Gasteiger partial charge is 0.488 e. The number of fused-ring (bicyclic) bond motifs is 1. The van der Waals surface area contributed by atoms with Crippen LogP contribution in [-0.4, -0.2) is 35.0 Å². The molecular formula is C17H22N2O2. The third-order valence-corrected chi connectivity index (χ3v) is 5.23. The molecule has 1 amide bonds. The first-order chi connectivity index (χ1) is 10.3. The summed E-state index contributed by atoms with van der Waals surface area (Å²) in [5.41, 5.74) is 0. The quantitative estimate of drug-likeness (QED) is 0.854. The summed E-state index contributed by atoms with van der Waals surface area (Å²) in [5.74, 6) is 3.04. The minimum atomic E-state index is 0.248. The lowest BCUT2D eigenvalue weighted by Gasteiger charge is -2.22. The summed E-state index contributed by atoms with van der Waals surface area (Å²) in [6, 6.07) is 3.87. The van der Waals surface area contributed by atoms with Crippen molar-refractivity contribution in [3.8, 4) is 5.75 Å². The Labute approximate surface area is 125 Å². The predicted octanol–water partition coefficient (Wildman–Crippen LogP) is 2.50. The van der Waals surface area contributed by atoms with Crippen LogP contribution in [0.15, 0.2) is 24.5 Å². The van der Waals surface area contributed by atoms with Crippen LogP contribution >= 0.6 is 0 Å². The second kappa shape index (κ2) is 5.32. The van der Waals surface area contributed by atoms with E-state index in [0.717, 1.165) is 31.7 Å². The molecule has 2 saturated carbocycles. The number of rotatable bonds is 4. The van der Waals surface area contributed by atoms with Gasteiger partial charge in [-0.2, -0.15) is 0 Å².